The van der Waals surface area contributed by atoms with Crippen LogP contribution in [-0.4, -0.2) is 16.7 Å². The number of hydrogen-bond acceptors (Lipinski definition) is 3. The summed E-state index contributed by atoms with van der Waals surface area (Å²) in [7, 11) is 0. The highest BCUT2D eigenvalue weighted by Gasteiger charge is 2.39. The predicted molar refractivity (Wildman–Crippen MR) is 114 cm³/mol. The zero-order valence-corrected chi connectivity index (χ0v) is 18.3. The van der Waals surface area contributed by atoms with E-state index in [1.807, 2.05) is 19.1 Å². The van der Waals surface area contributed by atoms with Crippen LogP contribution in [0.3, 0.4) is 0 Å². The standard InChI is InChI=1S/C24H28O3S/c1-7-18(22(25)26)21-11-10-17(28-21)9-8-16-13-19-20(12-15(16)2)27-24(5,6)14-23(19,3)4/h10-13,18H,7,14H2,1-6H3,(H,25,26). The third kappa shape index (κ3) is 4.10. The minimum Gasteiger partial charge on any atom is -0.488 e. The summed E-state index contributed by atoms with van der Waals surface area (Å²) in [4.78, 5) is 13.1. The summed E-state index contributed by atoms with van der Waals surface area (Å²) in [6.07, 6.45) is 1.53. The largest absolute Gasteiger partial charge is 0.488 e. The number of aliphatic carboxylic acids is 1. The molecule has 0 bridgehead atoms. The molecule has 3 rings (SSSR count). The molecule has 148 valence electrons. The normalized spacial score (nSPS) is 17.6. The number of ether oxygens (including phenoxy) is 1. The van der Waals surface area contributed by atoms with Gasteiger partial charge in [-0.05, 0) is 68.9 Å². The average molecular weight is 397 g/mol. The van der Waals surface area contributed by atoms with E-state index in [1.165, 1.54) is 16.9 Å². The van der Waals surface area contributed by atoms with Crippen molar-refractivity contribution in [3.8, 4) is 17.6 Å². The van der Waals surface area contributed by atoms with Gasteiger partial charge in [0.05, 0.1) is 10.8 Å². The molecule has 0 fully saturated rings. The van der Waals surface area contributed by atoms with Gasteiger partial charge in [-0.3, -0.25) is 4.79 Å². The first-order valence-corrected chi connectivity index (χ1v) is 10.5. The summed E-state index contributed by atoms with van der Waals surface area (Å²) in [5.74, 6) is 6.24. The number of thiophene rings is 1. The Labute approximate surface area is 171 Å². The van der Waals surface area contributed by atoms with Gasteiger partial charge in [-0.2, -0.15) is 0 Å². The summed E-state index contributed by atoms with van der Waals surface area (Å²) in [6.45, 7) is 12.7. The Kier molecular flexibility index (Phi) is 5.34. The van der Waals surface area contributed by atoms with Crippen molar-refractivity contribution < 1.29 is 14.6 Å². The molecule has 0 radical (unpaired) electrons. The number of carboxylic acid groups (broad SMARTS) is 1. The second-order valence-corrected chi connectivity index (χ2v) is 9.95. The molecule has 0 amide bonds. The van der Waals surface area contributed by atoms with Gasteiger partial charge < -0.3 is 9.84 Å². The Morgan fingerprint density at radius 1 is 1.25 bits per heavy atom. The molecule has 3 nitrogen and oxygen atoms in total. The summed E-state index contributed by atoms with van der Waals surface area (Å²) in [5, 5.41) is 9.34. The van der Waals surface area contributed by atoms with Crippen molar-refractivity contribution in [3.63, 3.8) is 0 Å². The second kappa shape index (κ2) is 7.29. The highest BCUT2D eigenvalue weighted by atomic mass is 32.1. The van der Waals surface area contributed by atoms with Crippen molar-refractivity contribution in [1.82, 2.24) is 0 Å². The van der Waals surface area contributed by atoms with Gasteiger partial charge in [0.1, 0.15) is 11.4 Å². The maximum atomic E-state index is 11.4. The minimum atomic E-state index is -0.778. The van der Waals surface area contributed by atoms with Crippen molar-refractivity contribution in [2.24, 2.45) is 0 Å². The molecule has 1 aliphatic heterocycles. The van der Waals surface area contributed by atoms with Gasteiger partial charge in [0.15, 0.2) is 0 Å². The van der Waals surface area contributed by atoms with Crippen molar-refractivity contribution in [1.29, 1.82) is 0 Å². The van der Waals surface area contributed by atoms with E-state index in [4.69, 9.17) is 4.74 Å². The van der Waals surface area contributed by atoms with Gasteiger partial charge in [0.25, 0.3) is 0 Å². The van der Waals surface area contributed by atoms with E-state index in [2.05, 4.69) is 58.6 Å². The van der Waals surface area contributed by atoms with Crippen LogP contribution in [0.4, 0.5) is 0 Å². The van der Waals surface area contributed by atoms with Gasteiger partial charge in [-0.15, -0.1) is 11.3 Å². The van der Waals surface area contributed by atoms with Crippen molar-refractivity contribution in [2.45, 2.75) is 71.3 Å². The molecule has 0 spiro atoms. The number of rotatable bonds is 3. The maximum Gasteiger partial charge on any atom is 0.311 e. The first-order valence-electron chi connectivity index (χ1n) is 9.71. The summed E-state index contributed by atoms with van der Waals surface area (Å²) in [6, 6.07) is 8.06. The maximum absolute atomic E-state index is 11.4. The van der Waals surface area contributed by atoms with E-state index < -0.39 is 11.9 Å². The molecule has 4 heteroatoms. The van der Waals surface area contributed by atoms with E-state index in [9.17, 15) is 9.90 Å². The highest BCUT2D eigenvalue weighted by Crippen LogP contribution is 2.45. The quantitative estimate of drug-likeness (QED) is 0.660. The fourth-order valence-corrected chi connectivity index (χ4v) is 5.19. The number of aryl methyl sites for hydroxylation is 1. The molecule has 1 aliphatic rings. The monoisotopic (exact) mass is 396 g/mol. The lowest BCUT2D eigenvalue weighted by Gasteiger charge is -2.42. The molecule has 0 aliphatic carbocycles. The molecule has 2 heterocycles. The SMILES string of the molecule is CCC(C(=O)O)c1ccc(C#Cc2cc3c(cc2C)OC(C)(C)CC3(C)C)s1. The van der Waals surface area contributed by atoms with E-state index in [1.54, 1.807) is 0 Å². The fraction of sp³-hybridized carbons (Fsp3) is 0.458. The smallest absolute Gasteiger partial charge is 0.311 e. The van der Waals surface area contributed by atoms with Crippen LogP contribution in [-0.2, 0) is 10.2 Å². The summed E-state index contributed by atoms with van der Waals surface area (Å²) >= 11 is 1.47. The Hall–Kier alpha value is -2.25. The lowest BCUT2D eigenvalue weighted by atomic mass is 9.73. The zero-order chi connectivity index (χ0) is 20.7. The molecular weight excluding hydrogens is 368 g/mol. The van der Waals surface area contributed by atoms with E-state index in [0.29, 0.717) is 6.42 Å². The number of fused-ring (bicyclic) bond motifs is 1. The number of carboxylic acids is 1. The minimum absolute atomic E-state index is 0.0210. The second-order valence-electron chi connectivity index (χ2n) is 8.84. The molecule has 0 saturated heterocycles. The van der Waals surface area contributed by atoms with E-state index >= 15 is 0 Å². The fourth-order valence-electron chi connectivity index (χ4n) is 4.16. The van der Waals surface area contributed by atoms with Crippen LogP contribution in [0.2, 0.25) is 0 Å². The van der Waals surface area contributed by atoms with Crippen molar-refractivity contribution in [2.75, 3.05) is 0 Å². The highest BCUT2D eigenvalue weighted by molar-refractivity contribution is 7.12. The van der Waals surface area contributed by atoms with Crippen LogP contribution in [0.25, 0.3) is 0 Å². The third-order valence-electron chi connectivity index (χ3n) is 5.31. The first-order chi connectivity index (χ1) is 13.0. The van der Waals surface area contributed by atoms with Crippen LogP contribution < -0.4 is 4.74 Å². The number of benzene rings is 1. The molecule has 0 saturated carbocycles. The number of carbonyl (C=O) groups is 1. The van der Waals surface area contributed by atoms with Gasteiger partial charge in [0.2, 0.25) is 0 Å². The van der Waals surface area contributed by atoms with Crippen molar-refractivity contribution in [3.05, 3.63) is 50.7 Å². The topological polar surface area (TPSA) is 46.5 Å². The zero-order valence-electron chi connectivity index (χ0n) is 17.5. The molecule has 1 N–H and O–H groups in total. The van der Waals surface area contributed by atoms with E-state index in [-0.39, 0.29) is 11.0 Å². The van der Waals surface area contributed by atoms with Crippen molar-refractivity contribution >= 4 is 17.3 Å². The van der Waals surface area contributed by atoms with Gasteiger partial charge in [0, 0.05) is 16.0 Å². The number of hydrogen-bond donors (Lipinski definition) is 1. The molecule has 1 atom stereocenters. The lowest BCUT2D eigenvalue weighted by Crippen LogP contribution is -2.41. The van der Waals surface area contributed by atoms with Crippen LogP contribution >= 0.6 is 11.3 Å². The molecule has 28 heavy (non-hydrogen) atoms. The van der Waals surface area contributed by atoms with Crippen LogP contribution in [0.1, 0.15) is 79.8 Å². The molecule has 2 aromatic rings. The molecule has 1 unspecified atom stereocenters. The Bertz CT molecular complexity index is 969. The van der Waals surface area contributed by atoms with E-state index in [0.717, 1.165) is 33.1 Å². The summed E-state index contributed by atoms with van der Waals surface area (Å²) < 4.78 is 6.22. The van der Waals surface area contributed by atoms with Gasteiger partial charge >= 0.3 is 5.97 Å². The van der Waals surface area contributed by atoms with Crippen LogP contribution in [0.5, 0.6) is 5.75 Å². The Morgan fingerprint density at radius 3 is 2.61 bits per heavy atom. The molecule has 1 aromatic heterocycles. The van der Waals surface area contributed by atoms with Gasteiger partial charge in [-0.25, -0.2) is 0 Å². The molecular formula is C24H28O3S. The van der Waals surface area contributed by atoms with Crippen LogP contribution in [0.15, 0.2) is 24.3 Å². The van der Waals surface area contributed by atoms with Crippen LogP contribution in [0, 0.1) is 18.8 Å². The van der Waals surface area contributed by atoms with Gasteiger partial charge in [-0.1, -0.05) is 32.6 Å². The summed E-state index contributed by atoms with van der Waals surface area (Å²) in [5.41, 5.74) is 3.13. The predicted octanol–water partition coefficient (Wildman–Crippen LogP) is 5.87. The first kappa shape index (κ1) is 20.5. The molecule has 1 aromatic carbocycles. The third-order valence-corrected chi connectivity index (χ3v) is 6.42. The lowest BCUT2D eigenvalue weighted by molar-refractivity contribution is -0.138. The average Bonchev–Trinajstić information content (AvgIpc) is 3.00. The Morgan fingerprint density at radius 2 is 1.96 bits per heavy atom. The Balaban J connectivity index is 1.94.